The number of thioether (sulfide) groups is 1. The summed E-state index contributed by atoms with van der Waals surface area (Å²) in [7, 11) is 1.51. The number of amides is 1. The van der Waals surface area contributed by atoms with Crippen LogP contribution in [0.2, 0.25) is 0 Å². The lowest BCUT2D eigenvalue weighted by atomic mass is 10.3. The van der Waals surface area contributed by atoms with Gasteiger partial charge in [-0.3, -0.25) is 4.79 Å². The molecule has 0 aromatic carbocycles. The lowest BCUT2D eigenvalue weighted by molar-refractivity contribution is -0.148. The number of hydrogen-bond acceptors (Lipinski definition) is 4. The van der Waals surface area contributed by atoms with Gasteiger partial charge >= 0.3 is 5.97 Å². The molecule has 0 bridgehead atoms. The number of aliphatic carboxylic acids is 1. The van der Waals surface area contributed by atoms with Gasteiger partial charge in [-0.05, 0) is 0 Å². The van der Waals surface area contributed by atoms with E-state index in [0.717, 1.165) is 0 Å². The second-order valence-corrected chi connectivity index (χ2v) is 3.96. The molecule has 1 amide bonds. The van der Waals surface area contributed by atoms with Crippen LogP contribution in [-0.2, 0) is 14.3 Å². The molecule has 0 saturated carbocycles. The highest BCUT2D eigenvalue weighted by molar-refractivity contribution is 7.99. The van der Waals surface area contributed by atoms with Crippen molar-refractivity contribution in [2.75, 3.05) is 25.3 Å². The van der Waals surface area contributed by atoms with E-state index in [1.54, 1.807) is 0 Å². The van der Waals surface area contributed by atoms with Crippen molar-refractivity contribution in [3.8, 4) is 0 Å². The van der Waals surface area contributed by atoms with Gasteiger partial charge in [-0.25, -0.2) is 4.79 Å². The third-order valence-corrected chi connectivity index (χ3v) is 3.02. The maximum Gasteiger partial charge on any atom is 0.327 e. The molecule has 0 aliphatic carbocycles. The Balaban J connectivity index is 2.49. The van der Waals surface area contributed by atoms with Crippen LogP contribution in [0.15, 0.2) is 0 Å². The van der Waals surface area contributed by atoms with Crippen LogP contribution in [0.5, 0.6) is 0 Å². The molecule has 1 aliphatic heterocycles. The first-order chi connectivity index (χ1) is 6.66. The molecule has 80 valence electrons. The van der Waals surface area contributed by atoms with E-state index in [4.69, 9.17) is 9.84 Å². The molecular weight excluding hydrogens is 206 g/mol. The van der Waals surface area contributed by atoms with Crippen molar-refractivity contribution in [3.63, 3.8) is 0 Å². The predicted molar refractivity (Wildman–Crippen MR) is 52.1 cm³/mol. The number of hydrogen-bond donors (Lipinski definition) is 1. The first-order valence-corrected chi connectivity index (χ1v) is 5.41. The van der Waals surface area contributed by atoms with Crippen molar-refractivity contribution in [2.45, 2.75) is 12.5 Å². The molecule has 1 fully saturated rings. The van der Waals surface area contributed by atoms with E-state index in [9.17, 15) is 9.59 Å². The minimum Gasteiger partial charge on any atom is -0.480 e. The zero-order valence-corrected chi connectivity index (χ0v) is 8.75. The van der Waals surface area contributed by atoms with E-state index in [1.807, 2.05) is 0 Å². The van der Waals surface area contributed by atoms with Gasteiger partial charge in [-0.15, -0.1) is 11.8 Å². The van der Waals surface area contributed by atoms with E-state index < -0.39 is 12.0 Å². The van der Waals surface area contributed by atoms with Crippen LogP contribution in [0.25, 0.3) is 0 Å². The summed E-state index contributed by atoms with van der Waals surface area (Å²) in [6.45, 7) is 0.340. The molecule has 0 aromatic rings. The van der Waals surface area contributed by atoms with Gasteiger partial charge in [-0.1, -0.05) is 0 Å². The zero-order valence-electron chi connectivity index (χ0n) is 7.93. The molecule has 0 radical (unpaired) electrons. The third kappa shape index (κ3) is 2.62. The number of methoxy groups -OCH3 is 1. The quantitative estimate of drug-likeness (QED) is 0.721. The average molecular weight is 219 g/mol. The van der Waals surface area contributed by atoms with Crippen LogP contribution in [0.3, 0.4) is 0 Å². The first-order valence-electron chi connectivity index (χ1n) is 4.25. The monoisotopic (exact) mass is 219 g/mol. The Hall–Kier alpha value is -0.750. The Morgan fingerprint density at radius 1 is 1.64 bits per heavy atom. The topological polar surface area (TPSA) is 66.8 Å². The van der Waals surface area contributed by atoms with Crippen molar-refractivity contribution in [2.24, 2.45) is 0 Å². The summed E-state index contributed by atoms with van der Waals surface area (Å²) in [4.78, 5) is 23.6. The fraction of sp³-hybridized carbons (Fsp3) is 0.750. The molecule has 14 heavy (non-hydrogen) atoms. The molecule has 0 unspecified atom stereocenters. The van der Waals surface area contributed by atoms with E-state index in [2.05, 4.69) is 0 Å². The highest BCUT2D eigenvalue weighted by Crippen LogP contribution is 2.21. The molecule has 0 spiro atoms. The zero-order chi connectivity index (χ0) is 10.6. The van der Waals surface area contributed by atoms with E-state index in [0.29, 0.717) is 18.2 Å². The molecule has 5 nitrogen and oxygen atoms in total. The Bertz CT molecular complexity index is 233. The van der Waals surface area contributed by atoms with Gasteiger partial charge < -0.3 is 14.7 Å². The number of carbonyl (C=O) groups excluding carboxylic acids is 1. The highest BCUT2D eigenvalue weighted by Gasteiger charge is 2.33. The third-order valence-electron chi connectivity index (χ3n) is 2.01. The van der Waals surface area contributed by atoms with Crippen molar-refractivity contribution < 1.29 is 19.4 Å². The second kappa shape index (κ2) is 5.21. The number of carboxylic acids is 1. The molecular formula is C8H13NO4S. The standard InChI is InChI=1S/C8H13NO4S/c1-13-3-2-7(10)9-5-14-4-6(9)8(11)12/h6H,2-5H2,1H3,(H,11,12)/t6-/m0/s1. The summed E-state index contributed by atoms with van der Waals surface area (Å²) in [5.41, 5.74) is 0. The maximum atomic E-state index is 11.5. The number of nitrogens with zero attached hydrogens (tertiary/aromatic N) is 1. The molecule has 1 N–H and O–H groups in total. The van der Waals surface area contributed by atoms with Crippen LogP contribution in [-0.4, -0.2) is 53.3 Å². The lowest BCUT2D eigenvalue weighted by Gasteiger charge is -2.19. The summed E-state index contributed by atoms with van der Waals surface area (Å²) in [6, 6.07) is -0.663. The summed E-state index contributed by atoms with van der Waals surface area (Å²) >= 11 is 1.46. The number of carbonyl (C=O) groups is 2. The van der Waals surface area contributed by atoms with Crippen LogP contribution in [0.4, 0.5) is 0 Å². The van der Waals surface area contributed by atoms with E-state index in [1.165, 1.54) is 23.8 Å². The van der Waals surface area contributed by atoms with Gasteiger partial charge in [0, 0.05) is 12.9 Å². The molecule has 1 saturated heterocycles. The normalized spacial score (nSPS) is 21.2. The van der Waals surface area contributed by atoms with Crippen LogP contribution in [0.1, 0.15) is 6.42 Å². The fourth-order valence-corrected chi connectivity index (χ4v) is 2.40. The van der Waals surface area contributed by atoms with Gasteiger partial charge in [0.2, 0.25) is 5.91 Å². The van der Waals surface area contributed by atoms with E-state index in [-0.39, 0.29) is 12.3 Å². The Kier molecular flexibility index (Phi) is 4.21. The molecule has 6 heteroatoms. The fourth-order valence-electron chi connectivity index (χ4n) is 1.23. The van der Waals surface area contributed by atoms with Crippen molar-refractivity contribution in [3.05, 3.63) is 0 Å². The molecule has 1 atom stereocenters. The maximum absolute atomic E-state index is 11.5. The Labute approximate surface area is 86.4 Å². The molecule has 1 heterocycles. The highest BCUT2D eigenvalue weighted by atomic mass is 32.2. The van der Waals surface area contributed by atoms with Gasteiger partial charge in [0.25, 0.3) is 0 Å². The molecule has 1 aliphatic rings. The lowest BCUT2D eigenvalue weighted by Crippen LogP contribution is -2.42. The molecule has 1 rings (SSSR count). The largest absolute Gasteiger partial charge is 0.480 e. The van der Waals surface area contributed by atoms with Gasteiger partial charge in [0.05, 0.1) is 18.9 Å². The van der Waals surface area contributed by atoms with Crippen molar-refractivity contribution >= 4 is 23.6 Å². The SMILES string of the molecule is COCCC(=O)N1CSC[C@H]1C(=O)O. The van der Waals surface area contributed by atoms with Crippen LogP contribution < -0.4 is 0 Å². The second-order valence-electron chi connectivity index (χ2n) is 2.96. The minimum atomic E-state index is -0.930. The smallest absolute Gasteiger partial charge is 0.327 e. The van der Waals surface area contributed by atoms with E-state index >= 15 is 0 Å². The van der Waals surface area contributed by atoms with Crippen LogP contribution >= 0.6 is 11.8 Å². The summed E-state index contributed by atoms with van der Waals surface area (Å²) in [5.74, 6) is -0.127. The number of carboxylic acid groups (broad SMARTS) is 1. The van der Waals surface area contributed by atoms with Crippen molar-refractivity contribution in [1.29, 1.82) is 0 Å². The first kappa shape index (κ1) is 11.3. The van der Waals surface area contributed by atoms with Crippen LogP contribution in [0, 0.1) is 0 Å². The summed E-state index contributed by atoms with van der Waals surface area (Å²) < 4.78 is 4.77. The Morgan fingerprint density at radius 3 is 2.93 bits per heavy atom. The number of rotatable bonds is 4. The van der Waals surface area contributed by atoms with Gasteiger partial charge in [0.15, 0.2) is 0 Å². The summed E-state index contributed by atoms with van der Waals surface area (Å²) in [5, 5.41) is 8.82. The van der Waals surface area contributed by atoms with Gasteiger partial charge in [-0.2, -0.15) is 0 Å². The van der Waals surface area contributed by atoms with Crippen molar-refractivity contribution in [1.82, 2.24) is 4.90 Å². The van der Waals surface area contributed by atoms with Gasteiger partial charge in [0.1, 0.15) is 6.04 Å². The number of ether oxygens (including phenoxy) is 1. The minimum absolute atomic E-state index is 0.149. The average Bonchev–Trinajstić information content (AvgIpc) is 2.62. The summed E-state index contributed by atoms with van der Waals surface area (Å²) in [6.07, 6.45) is 0.251. The molecule has 0 aromatic heterocycles. The predicted octanol–water partition coefficient (Wildman–Crippen LogP) is 0.00900. The Morgan fingerprint density at radius 2 is 2.36 bits per heavy atom.